The number of amides is 1. The number of nitrogens with zero attached hydrogens (tertiary/aromatic N) is 3. The van der Waals surface area contributed by atoms with Gasteiger partial charge in [0.2, 0.25) is 12.1 Å². The van der Waals surface area contributed by atoms with E-state index in [0.717, 1.165) is 48.8 Å². The van der Waals surface area contributed by atoms with Crippen LogP contribution in [0.1, 0.15) is 58.1 Å². The molecule has 2 rings (SSSR count). The van der Waals surface area contributed by atoms with Gasteiger partial charge in [-0.3, -0.25) is 9.28 Å². The Morgan fingerprint density at radius 1 is 1.33 bits per heavy atom. The molecule has 0 saturated carbocycles. The lowest BCUT2D eigenvalue weighted by molar-refractivity contribution is -0.944. The zero-order valence-corrected chi connectivity index (χ0v) is 19.1. The van der Waals surface area contributed by atoms with E-state index in [0.29, 0.717) is 23.5 Å². The van der Waals surface area contributed by atoms with Crippen LogP contribution in [-0.4, -0.2) is 64.1 Å². The number of unbranched alkanes of at least 4 members (excludes halogenated alkanes) is 3. The lowest BCUT2D eigenvalue weighted by Crippen LogP contribution is -2.67. The van der Waals surface area contributed by atoms with Crippen molar-refractivity contribution in [3.63, 3.8) is 0 Å². The summed E-state index contributed by atoms with van der Waals surface area (Å²) < 4.78 is 20.8. The number of ether oxygens (including phenoxy) is 2. The van der Waals surface area contributed by atoms with Crippen molar-refractivity contribution in [2.75, 3.05) is 26.7 Å². The number of quaternary nitrogens is 2. The van der Waals surface area contributed by atoms with Gasteiger partial charge in [0, 0.05) is 18.9 Å². The number of esters is 1. The van der Waals surface area contributed by atoms with E-state index >= 15 is 0 Å². The van der Waals surface area contributed by atoms with Crippen molar-refractivity contribution in [1.82, 2.24) is 8.75 Å². The van der Waals surface area contributed by atoms with Gasteiger partial charge in [-0.1, -0.05) is 32.3 Å². The van der Waals surface area contributed by atoms with Crippen molar-refractivity contribution in [3.05, 3.63) is 11.8 Å². The molecule has 1 aliphatic rings. The topological polar surface area (TPSA) is 132 Å². The average molecular weight is 442 g/mol. The highest BCUT2D eigenvalue weighted by molar-refractivity contribution is 6.99. The quantitative estimate of drug-likeness (QED) is 0.284. The van der Waals surface area contributed by atoms with E-state index in [-0.39, 0.29) is 6.42 Å². The Morgan fingerprint density at radius 2 is 2.10 bits per heavy atom. The Labute approximate surface area is 182 Å². The van der Waals surface area contributed by atoms with Gasteiger partial charge in [0.1, 0.15) is 12.2 Å². The van der Waals surface area contributed by atoms with Gasteiger partial charge in [-0.2, -0.15) is 4.37 Å². The third-order valence-electron chi connectivity index (χ3n) is 5.51. The first-order chi connectivity index (χ1) is 14.3. The molecule has 0 aliphatic carbocycles. The van der Waals surface area contributed by atoms with E-state index in [1.165, 1.54) is 12.8 Å². The lowest BCUT2D eigenvalue weighted by Gasteiger charge is -2.41. The van der Waals surface area contributed by atoms with Crippen molar-refractivity contribution in [3.8, 4) is 5.88 Å². The summed E-state index contributed by atoms with van der Waals surface area (Å²) in [6, 6.07) is -0.799. The Hall–Kier alpha value is -2.04. The maximum atomic E-state index is 12.3. The second kappa shape index (κ2) is 11.4. The fraction of sp³-hybridized carbons (Fsp3) is 0.700. The molecule has 168 valence electrons. The number of aromatic nitrogens is 2. The monoisotopic (exact) mass is 441 g/mol. The van der Waals surface area contributed by atoms with Crippen LogP contribution < -0.4 is 16.2 Å². The van der Waals surface area contributed by atoms with Crippen LogP contribution in [0.3, 0.4) is 0 Å². The molecule has 1 amide bonds. The van der Waals surface area contributed by atoms with Crippen LogP contribution in [0.2, 0.25) is 0 Å². The summed E-state index contributed by atoms with van der Waals surface area (Å²) >= 11 is 1.15. The van der Waals surface area contributed by atoms with Crippen LogP contribution in [0, 0.1) is 0 Å². The van der Waals surface area contributed by atoms with Gasteiger partial charge in [0.15, 0.2) is 6.04 Å². The molecule has 2 heterocycles. The van der Waals surface area contributed by atoms with Crippen LogP contribution in [0.15, 0.2) is 6.08 Å². The van der Waals surface area contributed by atoms with Gasteiger partial charge in [-0.25, -0.2) is 4.79 Å². The highest BCUT2D eigenvalue weighted by Gasteiger charge is 2.38. The average Bonchev–Trinajstić information content (AvgIpc) is 3.16. The molecule has 0 fully saturated rings. The Morgan fingerprint density at radius 3 is 2.80 bits per heavy atom. The first-order valence-electron chi connectivity index (χ1n) is 10.6. The molecule has 3 atom stereocenters. The van der Waals surface area contributed by atoms with Gasteiger partial charge in [0.05, 0.1) is 38.3 Å². The number of nitrogens with two attached hydrogens (primary N) is 1. The van der Waals surface area contributed by atoms with Crippen LogP contribution in [0.4, 0.5) is 0 Å². The number of rotatable bonds is 12. The molecule has 1 aliphatic heterocycles. The fourth-order valence-corrected chi connectivity index (χ4v) is 3.97. The second-order valence-electron chi connectivity index (χ2n) is 8.11. The van der Waals surface area contributed by atoms with Gasteiger partial charge >= 0.3 is 5.97 Å². The largest absolute Gasteiger partial charge is 0.475 e. The Balaban J connectivity index is 1.99. The number of primary amides is 1. The predicted octanol–water partition coefficient (Wildman–Crippen LogP) is 1.11. The lowest BCUT2D eigenvalue weighted by atomic mass is 10.0. The van der Waals surface area contributed by atoms with E-state index < -0.39 is 24.1 Å². The Bertz CT molecular complexity index is 753. The number of hydrogen-bond donors (Lipinski definition) is 2. The zero-order chi connectivity index (χ0) is 22.1. The SMILES string of the molecule is CCCCCCOc1nsnc1C1=CCC[N+](C)([C@@H](C)OC(=O)[C@@H]([NH3+])CC(N)=O)C1. The van der Waals surface area contributed by atoms with Gasteiger partial charge in [0.25, 0.3) is 5.88 Å². The molecule has 0 spiro atoms. The maximum absolute atomic E-state index is 12.3. The van der Waals surface area contributed by atoms with Crippen molar-refractivity contribution in [1.29, 1.82) is 0 Å². The number of carbonyl (C=O) groups is 2. The highest BCUT2D eigenvalue weighted by atomic mass is 32.1. The Kier molecular flexibility index (Phi) is 9.19. The molecule has 1 unspecified atom stereocenters. The third-order valence-corrected chi connectivity index (χ3v) is 6.02. The minimum absolute atomic E-state index is 0.121. The zero-order valence-electron chi connectivity index (χ0n) is 18.3. The standard InChI is InChI=1S/C20H33N5O4S/c1-4-5-6-7-11-28-19-18(23-30-24-19)15-9-8-10-25(3,13-15)14(2)29-20(27)16(21)12-17(22)26/h9,14,16H,4-8,10-13,21H2,1-3H3,(H-,22,26)/p+2/t14-,16+,25?/m1/s1. The van der Waals surface area contributed by atoms with E-state index in [4.69, 9.17) is 15.2 Å². The van der Waals surface area contributed by atoms with Crippen molar-refractivity contribution in [2.45, 2.75) is 64.6 Å². The maximum Gasteiger partial charge on any atom is 0.369 e. The van der Waals surface area contributed by atoms with Gasteiger partial charge in [-0.05, 0) is 6.42 Å². The normalized spacial score (nSPS) is 20.9. The molecular weight excluding hydrogens is 406 g/mol. The molecule has 0 bridgehead atoms. The number of carbonyl (C=O) groups excluding carboxylic acids is 2. The smallest absolute Gasteiger partial charge is 0.369 e. The molecular formula is C20H35N5O4S+2. The minimum Gasteiger partial charge on any atom is -0.475 e. The van der Waals surface area contributed by atoms with E-state index in [9.17, 15) is 9.59 Å². The molecule has 9 nitrogen and oxygen atoms in total. The van der Waals surface area contributed by atoms with Crippen molar-refractivity contribution < 1.29 is 29.3 Å². The number of hydrogen-bond acceptors (Lipinski definition) is 7. The number of likely N-dealkylation sites (N-methyl/N-ethyl adjacent to an activating group) is 1. The molecule has 5 N–H and O–H groups in total. The van der Waals surface area contributed by atoms with Crippen LogP contribution >= 0.6 is 11.7 Å². The molecule has 0 aromatic carbocycles. The highest BCUT2D eigenvalue weighted by Crippen LogP contribution is 2.31. The molecule has 1 aromatic rings. The first-order valence-corrected chi connectivity index (χ1v) is 11.3. The second-order valence-corrected chi connectivity index (χ2v) is 8.64. The van der Waals surface area contributed by atoms with Crippen molar-refractivity contribution in [2.24, 2.45) is 5.73 Å². The summed E-state index contributed by atoms with van der Waals surface area (Å²) in [5, 5.41) is 0. The molecule has 1 aromatic heterocycles. The summed E-state index contributed by atoms with van der Waals surface area (Å²) in [5.74, 6) is -0.496. The summed E-state index contributed by atoms with van der Waals surface area (Å²) in [5.41, 5.74) is 10.7. The van der Waals surface area contributed by atoms with E-state index in [1.54, 1.807) is 0 Å². The van der Waals surface area contributed by atoms with E-state index in [2.05, 4.69) is 27.5 Å². The van der Waals surface area contributed by atoms with Crippen molar-refractivity contribution >= 4 is 29.2 Å². The minimum atomic E-state index is -0.799. The fourth-order valence-electron chi connectivity index (χ4n) is 3.44. The van der Waals surface area contributed by atoms with Gasteiger partial charge in [-0.15, -0.1) is 4.37 Å². The summed E-state index contributed by atoms with van der Waals surface area (Å²) in [4.78, 5) is 23.3. The van der Waals surface area contributed by atoms with Crippen LogP contribution in [0.5, 0.6) is 5.88 Å². The predicted molar refractivity (Wildman–Crippen MR) is 114 cm³/mol. The molecule has 30 heavy (non-hydrogen) atoms. The van der Waals surface area contributed by atoms with Gasteiger partial charge < -0.3 is 20.9 Å². The third kappa shape index (κ3) is 6.75. The molecule has 0 saturated heterocycles. The summed E-state index contributed by atoms with van der Waals surface area (Å²) in [7, 11) is 2.04. The van der Waals surface area contributed by atoms with Crippen LogP contribution in [-0.2, 0) is 14.3 Å². The molecule has 10 heteroatoms. The summed E-state index contributed by atoms with van der Waals surface area (Å²) in [6.45, 7) is 6.14. The van der Waals surface area contributed by atoms with E-state index in [1.807, 2.05) is 14.0 Å². The van der Waals surface area contributed by atoms with Crippen LogP contribution in [0.25, 0.3) is 5.57 Å². The molecule has 0 radical (unpaired) electrons. The first kappa shape index (κ1) is 24.2. The summed E-state index contributed by atoms with van der Waals surface area (Å²) in [6.07, 6.45) is 7.01.